The maximum atomic E-state index is 12.2. The minimum atomic E-state index is -3.23. The average Bonchev–Trinajstić information content (AvgIpc) is 2.70. The van der Waals surface area contributed by atoms with Crippen LogP contribution in [0.1, 0.15) is 12.8 Å². The molecule has 2 rings (SSSR count). The van der Waals surface area contributed by atoms with Crippen molar-refractivity contribution in [3.05, 3.63) is 36.4 Å². The summed E-state index contributed by atoms with van der Waals surface area (Å²) in [5, 5.41) is 2.79. The molecule has 0 bridgehead atoms. The number of benzene rings is 2. The Hall–Kier alpha value is -2.94. The van der Waals surface area contributed by atoms with Crippen LogP contribution in [-0.4, -0.2) is 48.5 Å². The van der Waals surface area contributed by atoms with Crippen molar-refractivity contribution in [3.63, 3.8) is 0 Å². The largest absolute Gasteiger partial charge is 0.494 e. The van der Waals surface area contributed by atoms with E-state index in [-0.39, 0.29) is 17.2 Å². The van der Waals surface area contributed by atoms with Gasteiger partial charge in [-0.2, -0.15) is 0 Å². The third kappa shape index (κ3) is 6.28. The Morgan fingerprint density at radius 3 is 2.03 bits per heavy atom. The zero-order chi connectivity index (χ0) is 21.4. The normalized spacial score (nSPS) is 10.9. The van der Waals surface area contributed by atoms with Gasteiger partial charge in [0.05, 0.1) is 32.8 Å². The molecule has 0 atom stereocenters. The summed E-state index contributed by atoms with van der Waals surface area (Å²) >= 11 is 0. The van der Waals surface area contributed by atoms with Gasteiger partial charge in [0.15, 0.2) is 21.3 Å². The molecular formula is C20H25NO7S. The highest BCUT2D eigenvalue weighted by molar-refractivity contribution is 7.90. The second-order valence-corrected chi connectivity index (χ2v) is 8.17. The Bertz CT molecular complexity index is 915. The molecule has 8 nitrogen and oxygen atoms in total. The molecule has 0 radical (unpaired) electrons. The molecule has 1 amide bonds. The fourth-order valence-electron chi connectivity index (χ4n) is 2.58. The number of anilines is 1. The first kappa shape index (κ1) is 22.4. The summed E-state index contributed by atoms with van der Waals surface area (Å²) in [6, 6.07) is 9.46. The van der Waals surface area contributed by atoms with Crippen molar-refractivity contribution in [2.24, 2.45) is 0 Å². The van der Waals surface area contributed by atoms with Gasteiger partial charge in [0.25, 0.3) is 0 Å². The van der Waals surface area contributed by atoms with E-state index in [1.807, 2.05) is 0 Å². The summed E-state index contributed by atoms with van der Waals surface area (Å²) in [6.45, 7) is 0.320. The van der Waals surface area contributed by atoms with Crippen LogP contribution in [-0.2, 0) is 14.6 Å². The van der Waals surface area contributed by atoms with Crippen LogP contribution in [0.5, 0.6) is 23.0 Å². The highest BCUT2D eigenvalue weighted by atomic mass is 32.2. The van der Waals surface area contributed by atoms with Crippen LogP contribution in [0.15, 0.2) is 41.3 Å². The number of carbonyl (C=O) groups is 1. The van der Waals surface area contributed by atoms with Gasteiger partial charge in [0.1, 0.15) is 5.75 Å². The predicted molar refractivity (Wildman–Crippen MR) is 109 cm³/mol. The van der Waals surface area contributed by atoms with Gasteiger partial charge < -0.3 is 24.3 Å². The van der Waals surface area contributed by atoms with E-state index in [9.17, 15) is 13.2 Å². The topological polar surface area (TPSA) is 100 Å². The summed E-state index contributed by atoms with van der Waals surface area (Å²) in [7, 11) is 1.28. The summed E-state index contributed by atoms with van der Waals surface area (Å²) < 4.78 is 44.2. The molecule has 0 aliphatic heterocycles. The van der Waals surface area contributed by atoms with Gasteiger partial charge in [0.2, 0.25) is 11.7 Å². The van der Waals surface area contributed by atoms with Crippen LogP contribution in [0.2, 0.25) is 0 Å². The number of ether oxygens (including phenoxy) is 4. The zero-order valence-electron chi connectivity index (χ0n) is 16.9. The molecule has 0 heterocycles. The maximum absolute atomic E-state index is 12.2. The first-order valence-electron chi connectivity index (χ1n) is 8.81. The van der Waals surface area contributed by atoms with Crippen molar-refractivity contribution >= 4 is 21.4 Å². The van der Waals surface area contributed by atoms with Crippen LogP contribution >= 0.6 is 0 Å². The van der Waals surface area contributed by atoms with Gasteiger partial charge in [0, 0.05) is 30.5 Å². The number of nitrogens with one attached hydrogen (secondary N) is 1. The monoisotopic (exact) mass is 423 g/mol. The molecule has 2 aromatic carbocycles. The van der Waals surface area contributed by atoms with Gasteiger partial charge >= 0.3 is 0 Å². The van der Waals surface area contributed by atoms with Crippen molar-refractivity contribution in [2.75, 3.05) is 39.5 Å². The third-order valence-electron chi connectivity index (χ3n) is 4.02. The van der Waals surface area contributed by atoms with Crippen molar-refractivity contribution in [3.8, 4) is 23.0 Å². The number of hydrogen-bond donors (Lipinski definition) is 1. The molecule has 0 aliphatic rings. The predicted octanol–water partition coefficient (Wildman–Crippen LogP) is 2.91. The third-order valence-corrected chi connectivity index (χ3v) is 5.15. The number of sulfone groups is 1. The SMILES string of the molecule is COc1cc(NC(=O)CCCOc2ccc(S(C)(=O)=O)cc2)cc(OC)c1OC. The summed E-state index contributed by atoms with van der Waals surface area (Å²) in [5.74, 6) is 1.70. The van der Waals surface area contributed by atoms with E-state index in [0.717, 1.165) is 6.26 Å². The van der Waals surface area contributed by atoms with E-state index in [1.54, 1.807) is 24.3 Å². The Balaban J connectivity index is 1.86. The fraction of sp³-hybridized carbons (Fsp3) is 0.350. The first-order valence-corrected chi connectivity index (χ1v) is 10.7. The van der Waals surface area contributed by atoms with Crippen LogP contribution in [0, 0.1) is 0 Å². The standard InChI is InChI=1S/C20H25NO7S/c1-25-17-12-14(13-18(26-2)20(17)27-3)21-19(22)6-5-11-28-15-7-9-16(10-8-15)29(4,23)24/h7-10,12-13H,5-6,11H2,1-4H3,(H,21,22). The molecular weight excluding hydrogens is 398 g/mol. The minimum Gasteiger partial charge on any atom is -0.494 e. The molecule has 0 saturated heterocycles. The Morgan fingerprint density at radius 2 is 1.55 bits per heavy atom. The molecule has 0 saturated carbocycles. The molecule has 0 aliphatic carbocycles. The summed E-state index contributed by atoms with van der Waals surface area (Å²) in [5.41, 5.74) is 0.529. The highest BCUT2D eigenvalue weighted by Crippen LogP contribution is 2.39. The molecule has 0 unspecified atom stereocenters. The van der Waals surface area contributed by atoms with Crippen LogP contribution in [0.3, 0.4) is 0 Å². The van der Waals surface area contributed by atoms with E-state index in [4.69, 9.17) is 18.9 Å². The lowest BCUT2D eigenvalue weighted by Crippen LogP contribution is -2.13. The molecule has 9 heteroatoms. The van der Waals surface area contributed by atoms with Gasteiger partial charge in [-0.1, -0.05) is 0 Å². The lowest BCUT2D eigenvalue weighted by Gasteiger charge is -2.14. The number of amides is 1. The van der Waals surface area contributed by atoms with E-state index in [0.29, 0.717) is 41.7 Å². The van der Waals surface area contributed by atoms with Crippen molar-refractivity contribution in [1.29, 1.82) is 0 Å². The fourth-order valence-corrected chi connectivity index (χ4v) is 3.21. The van der Waals surface area contributed by atoms with E-state index >= 15 is 0 Å². The molecule has 0 fully saturated rings. The van der Waals surface area contributed by atoms with Gasteiger partial charge in [-0.05, 0) is 30.7 Å². The van der Waals surface area contributed by atoms with Crippen molar-refractivity contribution in [1.82, 2.24) is 0 Å². The highest BCUT2D eigenvalue weighted by Gasteiger charge is 2.14. The Labute approximate surface area is 170 Å². The molecule has 158 valence electrons. The molecule has 0 spiro atoms. The molecule has 1 N–H and O–H groups in total. The second-order valence-electron chi connectivity index (χ2n) is 6.16. The molecule has 0 aromatic heterocycles. The summed E-state index contributed by atoms with van der Waals surface area (Å²) in [6.07, 6.45) is 1.89. The number of methoxy groups -OCH3 is 3. The van der Waals surface area contributed by atoms with E-state index in [2.05, 4.69) is 5.32 Å². The average molecular weight is 423 g/mol. The second kappa shape index (κ2) is 10.0. The Kier molecular flexibility index (Phi) is 7.72. The van der Waals surface area contributed by atoms with Crippen molar-refractivity contribution in [2.45, 2.75) is 17.7 Å². The van der Waals surface area contributed by atoms with Gasteiger partial charge in [-0.3, -0.25) is 4.79 Å². The van der Waals surface area contributed by atoms with Gasteiger partial charge in [-0.25, -0.2) is 8.42 Å². The lowest BCUT2D eigenvalue weighted by molar-refractivity contribution is -0.116. The number of carbonyl (C=O) groups excluding carboxylic acids is 1. The Morgan fingerprint density at radius 1 is 0.966 bits per heavy atom. The molecule has 2 aromatic rings. The number of hydrogen-bond acceptors (Lipinski definition) is 7. The summed E-state index contributed by atoms with van der Waals surface area (Å²) in [4.78, 5) is 12.4. The van der Waals surface area contributed by atoms with Crippen LogP contribution < -0.4 is 24.3 Å². The first-order chi connectivity index (χ1) is 13.8. The van der Waals surface area contributed by atoms with E-state index < -0.39 is 9.84 Å². The number of rotatable bonds is 10. The lowest BCUT2D eigenvalue weighted by atomic mass is 10.2. The smallest absolute Gasteiger partial charge is 0.224 e. The van der Waals surface area contributed by atoms with Crippen LogP contribution in [0.25, 0.3) is 0 Å². The molecule has 29 heavy (non-hydrogen) atoms. The quantitative estimate of drug-likeness (QED) is 0.587. The van der Waals surface area contributed by atoms with Crippen molar-refractivity contribution < 1.29 is 32.2 Å². The van der Waals surface area contributed by atoms with E-state index in [1.165, 1.54) is 33.5 Å². The minimum absolute atomic E-state index is 0.185. The zero-order valence-corrected chi connectivity index (χ0v) is 17.7. The van der Waals surface area contributed by atoms with Crippen LogP contribution in [0.4, 0.5) is 5.69 Å². The maximum Gasteiger partial charge on any atom is 0.224 e. The van der Waals surface area contributed by atoms with Gasteiger partial charge in [-0.15, -0.1) is 0 Å².